The predicted molar refractivity (Wildman–Crippen MR) is 77.3 cm³/mol. The van der Waals surface area contributed by atoms with E-state index in [1.54, 1.807) is 30.7 Å². The Morgan fingerprint density at radius 2 is 2.20 bits per heavy atom. The number of hydrogen-bond donors (Lipinski definition) is 2. The second-order valence-electron chi connectivity index (χ2n) is 4.04. The Balaban J connectivity index is 1.70. The van der Waals surface area contributed by atoms with Gasteiger partial charge in [-0.3, -0.25) is 4.79 Å². The lowest BCUT2D eigenvalue weighted by Gasteiger charge is -2.07. The lowest BCUT2D eigenvalue weighted by atomic mass is 10.3. The number of rotatable bonds is 6. The number of hydrogen-bond acceptors (Lipinski definition) is 3. The summed E-state index contributed by atoms with van der Waals surface area (Å²) < 4.78 is 5.32. The fraction of sp³-hybridized carbons (Fsp3) is 0.231. The third kappa shape index (κ3) is 4.43. The molecule has 106 valence electrons. The van der Waals surface area contributed by atoms with Crippen LogP contribution >= 0.6 is 23.2 Å². The molecule has 0 saturated heterocycles. The number of benzene rings is 1. The number of ether oxygens (including phenoxy) is 1. The van der Waals surface area contributed by atoms with Gasteiger partial charge in [0.1, 0.15) is 5.75 Å². The van der Waals surface area contributed by atoms with Crippen molar-refractivity contribution in [2.24, 2.45) is 0 Å². The third-order valence-corrected chi connectivity index (χ3v) is 3.27. The van der Waals surface area contributed by atoms with Crippen molar-refractivity contribution in [3.63, 3.8) is 0 Å². The van der Waals surface area contributed by atoms with Crippen LogP contribution in [-0.4, -0.2) is 29.0 Å². The van der Waals surface area contributed by atoms with Crippen LogP contribution in [0.25, 0.3) is 0 Å². The number of aromatic amines is 1. The van der Waals surface area contributed by atoms with Crippen molar-refractivity contribution in [1.82, 2.24) is 15.3 Å². The number of halogens is 2. The van der Waals surface area contributed by atoms with Crippen LogP contribution in [0.3, 0.4) is 0 Å². The number of aromatic nitrogens is 2. The molecule has 1 heterocycles. The Hall–Kier alpha value is -1.72. The molecule has 0 radical (unpaired) electrons. The van der Waals surface area contributed by atoms with E-state index in [1.165, 1.54) is 0 Å². The van der Waals surface area contributed by atoms with Crippen molar-refractivity contribution < 1.29 is 9.53 Å². The molecule has 7 heteroatoms. The van der Waals surface area contributed by atoms with Gasteiger partial charge in [-0.1, -0.05) is 23.2 Å². The van der Waals surface area contributed by atoms with Gasteiger partial charge in [-0.2, -0.15) is 0 Å². The number of nitrogens with zero attached hydrogens (tertiary/aromatic N) is 1. The second-order valence-corrected chi connectivity index (χ2v) is 4.86. The minimum Gasteiger partial charge on any atom is -0.484 e. The van der Waals surface area contributed by atoms with Crippen molar-refractivity contribution in [2.75, 3.05) is 13.2 Å². The van der Waals surface area contributed by atoms with Gasteiger partial charge in [-0.25, -0.2) is 4.98 Å². The van der Waals surface area contributed by atoms with E-state index in [0.29, 0.717) is 28.8 Å². The molecule has 1 amide bonds. The molecule has 0 bridgehead atoms. The molecule has 0 aliphatic carbocycles. The van der Waals surface area contributed by atoms with Gasteiger partial charge in [-0.05, 0) is 12.1 Å². The van der Waals surface area contributed by atoms with Crippen LogP contribution in [0, 0.1) is 0 Å². The SMILES string of the molecule is O=C(COc1ccc(Cl)c(Cl)c1)NCCc1cnc[nH]1. The number of nitrogens with one attached hydrogen (secondary N) is 2. The molecule has 0 aliphatic heterocycles. The van der Waals surface area contributed by atoms with E-state index in [9.17, 15) is 4.79 Å². The van der Waals surface area contributed by atoms with Gasteiger partial charge in [0.15, 0.2) is 6.61 Å². The average molecular weight is 314 g/mol. The minimum absolute atomic E-state index is 0.0685. The van der Waals surface area contributed by atoms with Crippen LogP contribution in [0.4, 0.5) is 0 Å². The second kappa shape index (κ2) is 7.17. The first-order valence-corrected chi connectivity index (χ1v) is 6.72. The molecule has 20 heavy (non-hydrogen) atoms. The standard InChI is InChI=1S/C13H13Cl2N3O2/c14-11-2-1-10(5-12(11)15)20-7-13(19)17-4-3-9-6-16-8-18-9/h1-2,5-6,8H,3-4,7H2,(H,16,18)(H,17,19). The molecule has 0 aliphatic rings. The topological polar surface area (TPSA) is 67.0 Å². The van der Waals surface area contributed by atoms with Crippen molar-refractivity contribution in [3.8, 4) is 5.75 Å². The molecule has 2 N–H and O–H groups in total. The maximum atomic E-state index is 11.6. The van der Waals surface area contributed by atoms with Crippen LogP contribution in [0.2, 0.25) is 10.0 Å². The fourth-order valence-corrected chi connectivity index (χ4v) is 1.81. The fourth-order valence-electron chi connectivity index (χ4n) is 1.52. The Kier molecular flexibility index (Phi) is 5.26. The van der Waals surface area contributed by atoms with Gasteiger partial charge in [-0.15, -0.1) is 0 Å². The summed E-state index contributed by atoms with van der Waals surface area (Å²) in [6.45, 7) is 0.451. The number of carbonyl (C=O) groups is 1. The summed E-state index contributed by atoms with van der Waals surface area (Å²) >= 11 is 11.6. The summed E-state index contributed by atoms with van der Waals surface area (Å²) in [5, 5.41) is 3.59. The summed E-state index contributed by atoms with van der Waals surface area (Å²) in [5.41, 5.74) is 0.968. The highest BCUT2D eigenvalue weighted by Crippen LogP contribution is 2.26. The first-order chi connectivity index (χ1) is 9.65. The summed E-state index contributed by atoms with van der Waals surface area (Å²) in [6, 6.07) is 4.85. The van der Waals surface area contributed by atoms with E-state index in [2.05, 4.69) is 15.3 Å². The maximum absolute atomic E-state index is 11.6. The predicted octanol–water partition coefficient (Wildman–Crippen LogP) is 2.45. The summed E-state index contributed by atoms with van der Waals surface area (Å²) in [5.74, 6) is 0.304. The average Bonchev–Trinajstić information content (AvgIpc) is 2.93. The number of carbonyl (C=O) groups excluding carboxylic acids is 1. The monoisotopic (exact) mass is 313 g/mol. The molecular weight excluding hydrogens is 301 g/mol. The van der Waals surface area contributed by atoms with Gasteiger partial charge in [0.25, 0.3) is 5.91 Å². The zero-order valence-electron chi connectivity index (χ0n) is 10.5. The normalized spacial score (nSPS) is 10.3. The molecule has 0 spiro atoms. The van der Waals surface area contributed by atoms with E-state index in [-0.39, 0.29) is 12.5 Å². The largest absolute Gasteiger partial charge is 0.484 e. The van der Waals surface area contributed by atoms with Crippen molar-refractivity contribution >= 4 is 29.1 Å². The molecule has 0 atom stereocenters. The summed E-state index contributed by atoms with van der Waals surface area (Å²) in [7, 11) is 0. The maximum Gasteiger partial charge on any atom is 0.257 e. The lowest BCUT2D eigenvalue weighted by Crippen LogP contribution is -2.30. The first kappa shape index (κ1) is 14.7. The Bertz CT molecular complexity index is 573. The van der Waals surface area contributed by atoms with E-state index >= 15 is 0 Å². The highest BCUT2D eigenvalue weighted by Gasteiger charge is 2.04. The highest BCUT2D eigenvalue weighted by atomic mass is 35.5. The van der Waals surface area contributed by atoms with Gasteiger partial charge >= 0.3 is 0 Å². The molecule has 0 unspecified atom stereocenters. The zero-order chi connectivity index (χ0) is 14.4. The van der Waals surface area contributed by atoms with Crippen LogP contribution in [0.5, 0.6) is 5.75 Å². The number of amides is 1. The molecule has 1 aromatic heterocycles. The number of imidazole rings is 1. The van der Waals surface area contributed by atoms with E-state index in [1.807, 2.05) is 0 Å². The van der Waals surface area contributed by atoms with Gasteiger partial charge in [0.2, 0.25) is 0 Å². The quantitative estimate of drug-likeness (QED) is 0.861. The molecule has 0 fully saturated rings. The zero-order valence-corrected chi connectivity index (χ0v) is 12.0. The molecular formula is C13H13Cl2N3O2. The Morgan fingerprint density at radius 3 is 2.90 bits per heavy atom. The van der Waals surface area contributed by atoms with Crippen molar-refractivity contribution in [2.45, 2.75) is 6.42 Å². The highest BCUT2D eigenvalue weighted by molar-refractivity contribution is 6.42. The van der Waals surface area contributed by atoms with E-state index < -0.39 is 0 Å². The van der Waals surface area contributed by atoms with Crippen molar-refractivity contribution in [3.05, 3.63) is 46.5 Å². The lowest BCUT2D eigenvalue weighted by molar-refractivity contribution is -0.123. The molecule has 1 aromatic carbocycles. The smallest absolute Gasteiger partial charge is 0.257 e. The molecule has 5 nitrogen and oxygen atoms in total. The summed E-state index contributed by atoms with van der Waals surface area (Å²) in [6.07, 6.45) is 4.02. The van der Waals surface area contributed by atoms with E-state index in [4.69, 9.17) is 27.9 Å². The van der Waals surface area contributed by atoms with Crippen LogP contribution in [-0.2, 0) is 11.2 Å². The van der Waals surface area contributed by atoms with Crippen LogP contribution in [0.1, 0.15) is 5.69 Å². The summed E-state index contributed by atoms with van der Waals surface area (Å²) in [4.78, 5) is 18.4. The Labute approximate surface area is 126 Å². The molecule has 0 saturated carbocycles. The van der Waals surface area contributed by atoms with Crippen molar-refractivity contribution in [1.29, 1.82) is 0 Å². The van der Waals surface area contributed by atoms with Crippen LogP contribution < -0.4 is 10.1 Å². The third-order valence-electron chi connectivity index (χ3n) is 2.53. The first-order valence-electron chi connectivity index (χ1n) is 5.97. The molecule has 2 aromatic rings. The Morgan fingerprint density at radius 1 is 1.35 bits per heavy atom. The van der Waals surface area contributed by atoms with Gasteiger partial charge < -0.3 is 15.0 Å². The number of H-pyrrole nitrogens is 1. The van der Waals surface area contributed by atoms with Gasteiger partial charge in [0.05, 0.1) is 16.4 Å². The van der Waals surface area contributed by atoms with Gasteiger partial charge in [0, 0.05) is 30.9 Å². The van der Waals surface area contributed by atoms with E-state index in [0.717, 1.165) is 5.69 Å². The minimum atomic E-state index is -0.199. The van der Waals surface area contributed by atoms with Crippen LogP contribution in [0.15, 0.2) is 30.7 Å². The molecule has 2 rings (SSSR count).